The number of nitrogens with zero attached hydrogens (tertiary/aromatic N) is 1. The van der Waals surface area contributed by atoms with Crippen molar-refractivity contribution in [3.8, 4) is 0 Å². The highest BCUT2D eigenvalue weighted by Crippen LogP contribution is 2.26. The predicted octanol–water partition coefficient (Wildman–Crippen LogP) is 5.00. The van der Waals surface area contributed by atoms with Crippen molar-refractivity contribution in [2.75, 3.05) is 13.1 Å². The molecule has 4 rings (SSSR count). The molecule has 0 radical (unpaired) electrons. The minimum absolute atomic E-state index is 0.123. The van der Waals surface area contributed by atoms with E-state index in [1.807, 2.05) is 42.5 Å². The van der Waals surface area contributed by atoms with E-state index < -0.39 is 10.0 Å². The molecular formula is C24H24Cl2N2O3S. The Kier molecular flexibility index (Phi) is 7.05. The molecule has 0 saturated carbocycles. The molecule has 168 valence electrons. The van der Waals surface area contributed by atoms with Crippen molar-refractivity contribution in [1.29, 1.82) is 0 Å². The molecule has 8 heteroatoms. The van der Waals surface area contributed by atoms with Gasteiger partial charge in [0.15, 0.2) is 0 Å². The van der Waals surface area contributed by atoms with Gasteiger partial charge in [-0.15, -0.1) is 0 Å². The largest absolute Gasteiger partial charge is 0.352 e. The first kappa shape index (κ1) is 23.1. The molecule has 1 aliphatic heterocycles. The number of carbonyl (C=O) groups is 1. The van der Waals surface area contributed by atoms with Gasteiger partial charge in [0, 0.05) is 29.7 Å². The van der Waals surface area contributed by atoms with Crippen molar-refractivity contribution in [2.24, 2.45) is 5.92 Å². The van der Waals surface area contributed by atoms with Gasteiger partial charge >= 0.3 is 0 Å². The van der Waals surface area contributed by atoms with E-state index in [9.17, 15) is 13.2 Å². The molecule has 1 heterocycles. The third kappa shape index (κ3) is 5.26. The van der Waals surface area contributed by atoms with Gasteiger partial charge in [-0.25, -0.2) is 12.7 Å². The molecule has 3 aromatic carbocycles. The van der Waals surface area contributed by atoms with Crippen LogP contribution in [0, 0.1) is 5.92 Å². The van der Waals surface area contributed by atoms with Gasteiger partial charge in [-0.3, -0.25) is 4.79 Å². The smallest absolute Gasteiger partial charge is 0.224 e. The number of hydrogen-bond donors (Lipinski definition) is 1. The average Bonchev–Trinajstić information content (AvgIpc) is 2.79. The van der Waals surface area contributed by atoms with Crippen LogP contribution in [0.25, 0.3) is 10.8 Å². The Hall–Kier alpha value is -2.12. The SMILES string of the molecule is O=C(NCc1cccc2ccccc12)[C@@H]1CCCN(S(=O)(=O)Cc2ccc(Cl)cc2Cl)C1. The van der Waals surface area contributed by atoms with Crippen molar-refractivity contribution in [3.63, 3.8) is 0 Å². The van der Waals surface area contributed by atoms with Crippen molar-refractivity contribution in [1.82, 2.24) is 9.62 Å². The average molecular weight is 491 g/mol. The van der Waals surface area contributed by atoms with Gasteiger partial charge < -0.3 is 5.32 Å². The van der Waals surface area contributed by atoms with Crippen molar-refractivity contribution in [3.05, 3.63) is 81.8 Å². The fourth-order valence-corrected chi connectivity index (χ4v) is 6.31. The Bertz CT molecular complexity index is 1240. The summed E-state index contributed by atoms with van der Waals surface area (Å²) in [4.78, 5) is 12.9. The maximum absolute atomic E-state index is 13.0. The van der Waals surface area contributed by atoms with Gasteiger partial charge in [-0.2, -0.15) is 0 Å². The van der Waals surface area contributed by atoms with Gasteiger partial charge in [0.2, 0.25) is 15.9 Å². The summed E-state index contributed by atoms with van der Waals surface area (Å²) in [6.45, 7) is 0.985. The molecule has 1 saturated heterocycles. The first-order chi connectivity index (χ1) is 15.3. The molecule has 1 aliphatic rings. The number of rotatable bonds is 6. The van der Waals surface area contributed by atoms with E-state index in [1.165, 1.54) is 10.4 Å². The van der Waals surface area contributed by atoms with Gasteiger partial charge in [0.1, 0.15) is 0 Å². The third-order valence-electron chi connectivity index (χ3n) is 5.83. The number of amides is 1. The number of hydrogen-bond acceptors (Lipinski definition) is 3. The summed E-state index contributed by atoms with van der Waals surface area (Å²) in [6, 6.07) is 18.8. The van der Waals surface area contributed by atoms with E-state index in [4.69, 9.17) is 23.2 Å². The fraction of sp³-hybridized carbons (Fsp3) is 0.292. The summed E-state index contributed by atoms with van der Waals surface area (Å²) < 4.78 is 27.4. The van der Waals surface area contributed by atoms with Crippen LogP contribution < -0.4 is 5.32 Å². The Morgan fingerprint density at radius 1 is 1.03 bits per heavy atom. The predicted molar refractivity (Wildman–Crippen MR) is 129 cm³/mol. The van der Waals surface area contributed by atoms with Crippen LogP contribution >= 0.6 is 23.2 Å². The molecule has 0 aromatic heterocycles. The minimum Gasteiger partial charge on any atom is -0.352 e. The van der Waals surface area contributed by atoms with Crippen LogP contribution in [0.15, 0.2) is 60.7 Å². The van der Waals surface area contributed by atoms with Gasteiger partial charge in [0.25, 0.3) is 0 Å². The second-order valence-corrected chi connectivity index (χ2v) is 10.9. The zero-order valence-electron chi connectivity index (χ0n) is 17.4. The number of piperidine rings is 1. The maximum atomic E-state index is 13.0. The lowest BCUT2D eigenvalue weighted by Gasteiger charge is -2.31. The Labute approximate surface area is 198 Å². The van der Waals surface area contributed by atoms with Gasteiger partial charge in [-0.1, -0.05) is 71.7 Å². The number of benzene rings is 3. The molecule has 0 bridgehead atoms. The standard InChI is InChI=1S/C24H24Cl2N2O3S/c25-21-11-10-20(23(26)13-21)16-32(30,31)28-12-4-8-19(15-28)24(29)27-14-18-7-3-6-17-5-1-2-9-22(17)18/h1-3,5-7,9-11,13,19H,4,8,12,14-16H2,(H,27,29)/t19-/m1/s1. The highest BCUT2D eigenvalue weighted by atomic mass is 35.5. The van der Waals surface area contributed by atoms with Gasteiger partial charge in [-0.05, 0) is 46.9 Å². The normalized spacial score (nSPS) is 17.4. The molecule has 1 N–H and O–H groups in total. The highest BCUT2D eigenvalue weighted by molar-refractivity contribution is 7.88. The number of carbonyl (C=O) groups excluding carboxylic acids is 1. The van der Waals surface area contributed by atoms with E-state index in [-0.39, 0.29) is 24.1 Å². The summed E-state index contributed by atoms with van der Waals surface area (Å²) in [6.07, 6.45) is 1.30. The second-order valence-electron chi connectivity index (χ2n) is 8.05. The maximum Gasteiger partial charge on any atom is 0.224 e. The van der Waals surface area contributed by atoms with Crippen LogP contribution in [0.2, 0.25) is 10.0 Å². The molecule has 1 amide bonds. The first-order valence-electron chi connectivity index (χ1n) is 10.5. The minimum atomic E-state index is -3.61. The van der Waals surface area contributed by atoms with Crippen molar-refractivity contribution in [2.45, 2.75) is 25.1 Å². The molecule has 0 spiro atoms. The van der Waals surface area contributed by atoms with Crippen LogP contribution in [0.1, 0.15) is 24.0 Å². The van der Waals surface area contributed by atoms with Crippen molar-refractivity contribution < 1.29 is 13.2 Å². The highest BCUT2D eigenvalue weighted by Gasteiger charge is 2.32. The molecule has 0 unspecified atom stereocenters. The van der Waals surface area contributed by atoms with Crippen LogP contribution in [0.3, 0.4) is 0 Å². The third-order valence-corrected chi connectivity index (χ3v) is 8.22. The van der Waals surface area contributed by atoms with Crippen LogP contribution in [0.5, 0.6) is 0 Å². The lowest BCUT2D eigenvalue weighted by molar-refractivity contribution is -0.126. The van der Waals surface area contributed by atoms with E-state index in [0.717, 1.165) is 16.3 Å². The zero-order valence-corrected chi connectivity index (χ0v) is 19.8. The first-order valence-corrected chi connectivity index (χ1v) is 12.9. The fourth-order valence-electron chi connectivity index (χ4n) is 4.11. The number of sulfonamides is 1. The Morgan fingerprint density at radius 3 is 2.62 bits per heavy atom. The summed E-state index contributed by atoms with van der Waals surface area (Å²) in [5.41, 5.74) is 1.53. The quantitative estimate of drug-likeness (QED) is 0.528. The van der Waals surface area contributed by atoms with Gasteiger partial charge in [0.05, 0.1) is 11.7 Å². The monoisotopic (exact) mass is 490 g/mol. The molecule has 1 atom stereocenters. The van der Waals surface area contributed by atoms with E-state index in [1.54, 1.807) is 12.1 Å². The molecule has 1 fully saturated rings. The van der Waals surface area contributed by atoms with Crippen LogP contribution in [-0.2, 0) is 27.1 Å². The zero-order chi connectivity index (χ0) is 22.7. The number of nitrogens with one attached hydrogen (secondary N) is 1. The molecule has 5 nitrogen and oxygen atoms in total. The molecule has 32 heavy (non-hydrogen) atoms. The van der Waals surface area contributed by atoms with E-state index in [0.29, 0.717) is 41.5 Å². The summed E-state index contributed by atoms with van der Waals surface area (Å²) in [5, 5.41) is 6.00. The Balaban J connectivity index is 1.41. The summed E-state index contributed by atoms with van der Waals surface area (Å²) in [5.74, 6) is -0.718. The van der Waals surface area contributed by atoms with E-state index in [2.05, 4.69) is 5.32 Å². The summed E-state index contributed by atoms with van der Waals surface area (Å²) in [7, 11) is -3.61. The molecule has 3 aromatic rings. The number of halogens is 2. The van der Waals surface area contributed by atoms with Crippen LogP contribution in [0.4, 0.5) is 0 Å². The molecular weight excluding hydrogens is 467 g/mol. The van der Waals surface area contributed by atoms with Crippen LogP contribution in [-0.4, -0.2) is 31.7 Å². The lowest BCUT2D eigenvalue weighted by atomic mass is 9.98. The molecule has 0 aliphatic carbocycles. The Morgan fingerprint density at radius 2 is 1.81 bits per heavy atom. The number of fused-ring (bicyclic) bond motifs is 1. The lowest BCUT2D eigenvalue weighted by Crippen LogP contribution is -2.45. The topological polar surface area (TPSA) is 66.5 Å². The van der Waals surface area contributed by atoms with Crippen molar-refractivity contribution >= 4 is 49.9 Å². The second kappa shape index (κ2) is 9.79. The summed E-state index contributed by atoms with van der Waals surface area (Å²) >= 11 is 12.1. The van der Waals surface area contributed by atoms with E-state index >= 15 is 0 Å².